The number of aliphatic hydroxyl groups is 1. The van der Waals surface area contributed by atoms with Crippen LogP contribution in [0.4, 0.5) is 24.5 Å². The van der Waals surface area contributed by atoms with Crippen molar-refractivity contribution >= 4 is 101 Å². The van der Waals surface area contributed by atoms with Crippen LogP contribution in [0.3, 0.4) is 0 Å². The second kappa shape index (κ2) is 36.8. The van der Waals surface area contributed by atoms with E-state index in [9.17, 15) is 59.1 Å². The number of thioether (sulfide) groups is 1. The number of aliphatic hydroxyl groups excluding tert-OH is 1. The number of carbonyl (C=O) groups excluding carboxylic acids is 5. The van der Waals surface area contributed by atoms with E-state index in [1.807, 2.05) is 116 Å². The number of hydrogen-bond donors (Lipinski definition) is 5. The van der Waals surface area contributed by atoms with Crippen molar-refractivity contribution in [3.05, 3.63) is 160 Å². The van der Waals surface area contributed by atoms with Crippen LogP contribution in [0.15, 0.2) is 147 Å². The Balaban J connectivity index is 0.582. The molecule has 5 aromatic carbocycles. The Morgan fingerprint density at radius 2 is 1.48 bits per heavy atom. The normalized spacial score (nSPS) is 21.6. The molecule has 5 fully saturated rings. The number of anilines is 2. The maximum Gasteiger partial charge on any atom is 0.501 e. The van der Waals surface area contributed by atoms with E-state index < -0.39 is 82.3 Å². The first kappa shape index (κ1) is 84.9. The van der Waals surface area contributed by atoms with E-state index in [0.717, 1.165) is 128 Å². The van der Waals surface area contributed by atoms with E-state index in [1.54, 1.807) is 23.5 Å². The average molecular weight is 1650 g/mol. The fourth-order valence-corrected chi connectivity index (χ4v) is 20.4. The van der Waals surface area contributed by atoms with Crippen LogP contribution < -0.4 is 25.6 Å². The molecular weight excluding hydrogens is 1550 g/mol. The molecule has 30 heteroatoms. The third kappa shape index (κ3) is 21.6. The molecule has 113 heavy (non-hydrogen) atoms. The molecule has 8 atom stereocenters. The number of nitrogens with zero attached hydrogens (tertiary/aromatic N) is 7. The van der Waals surface area contributed by atoms with Crippen LogP contribution in [-0.4, -0.2) is 220 Å². The number of halogens is 4. The van der Waals surface area contributed by atoms with Crippen molar-refractivity contribution in [3.63, 3.8) is 0 Å². The zero-order chi connectivity index (χ0) is 80.6. The molecule has 0 radical (unpaired) electrons. The van der Waals surface area contributed by atoms with Crippen LogP contribution in [0.1, 0.15) is 145 Å². The summed E-state index contributed by atoms with van der Waals surface area (Å²) in [7, 11) is -11.0. The number of aromatic nitrogens is 1. The summed E-state index contributed by atoms with van der Waals surface area (Å²) in [5, 5.41) is 20.5. The zero-order valence-corrected chi connectivity index (χ0v) is 69.1. The van der Waals surface area contributed by atoms with E-state index in [-0.39, 0.29) is 66.3 Å². The lowest BCUT2D eigenvalue weighted by atomic mass is 9.71. The molecule has 1 aromatic heterocycles. The van der Waals surface area contributed by atoms with Gasteiger partial charge in [-0.2, -0.15) is 13.2 Å². The number of benzene rings is 5. The number of morpholine rings is 1. The Labute approximate surface area is 675 Å². The van der Waals surface area contributed by atoms with Crippen molar-refractivity contribution in [2.75, 3.05) is 108 Å². The number of piperazine rings is 2. The Morgan fingerprint density at radius 3 is 2.12 bits per heavy atom. The van der Waals surface area contributed by atoms with Gasteiger partial charge in [-0.3, -0.25) is 38.7 Å². The van der Waals surface area contributed by atoms with Gasteiger partial charge in [-0.25, -0.2) is 26.5 Å². The van der Waals surface area contributed by atoms with Crippen LogP contribution in [0, 0.1) is 17.8 Å². The monoisotopic (exact) mass is 1650 g/mol. The molecule has 2 bridgehead atoms. The summed E-state index contributed by atoms with van der Waals surface area (Å²) in [6.07, 6.45) is 6.79. The average Bonchev–Trinajstić information content (AvgIpc) is 1.37. The van der Waals surface area contributed by atoms with Crippen LogP contribution in [-0.2, 0) is 43.8 Å². The lowest BCUT2D eigenvalue weighted by Crippen LogP contribution is -2.57. The molecule has 5 aliphatic heterocycles. The lowest BCUT2D eigenvalue weighted by Gasteiger charge is -2.44. The third-order valence-corrected chi connectivity index (χ3v) is 28.1. The van der Waals surface area contributed by atoms with Gasteiger partial charge in [0.25, 0.3) is 25.8 Å². The number of sulfone groups is 1. The van der Waals surface area contributed by atoms with Gasteiger partial charge >= 0.3 is 5.51 Å². The van der Waals surface area contributed by atoms with Gasteiger partial charge in [0.05, 0.1) is 51.5 Å². The van der Waals surface area contributed by atoms with E-state index in [4.69, 9.17) is 16.3 Å². The highest BCUT2D eigenvalue weighted by Gasteiger charge is 2.50. The fourth-order valence-electron chi connectivity index (χ4n) is 16.5. The number of hydrogen-bond acceptors (Lipinski definition) is 19. The quantitative estimate of drug-likeness (QED) is 0.0200. The van der Waals surface area contributed by atoms with Crippen molar-refractivity contribution in [1.82, 2.24) is 44.8 Å². The molecule has 22 nitrogen and oxygen atoms in total. The van der Waals surface area contributed by atoms with Gasteiger partial charge in [0.2, 0.25) is 23.6 Å². The smallest absolute Gasteiger partial charge is 0.391 e. The number of sulfonamides is 1. The summed E-state index contributed by atoms with van der Waals surface area (Å²) in [4.78, 5) is 85.9. The number of likely N-dealkylation sites (tertiary alicyclic amines) is 2. The second-order valence-corrected chi connectivity index (χ2v) is 38.5. The second-order valence-electron chi connectivity index (χ2n) is 32.5. The Kier molecular flexibility index (Phi) is 27.7. The number of fused-ring (bicyclic) bond motifs is 2. The maximum absolute atomic E-state index is 14.5. The van der Waals surface area contributed by atoms with Crippen LogP contribution in [0.25, 0.3) is 16.0 Å². The summed E-state index contributed by atoms with van der Waals surface area (Å²) in [5.41, 5.74) is 2.39. The number of aryl methyl sites for hydroxylation is 1. The van der Waals surface area contributed by atoms with E-state index in [0.29, 0.717) is 88.4 Å². The van der Waals surface area contributed by atoms with Gasteiger partial charge in [-0.1, -0.05) is 112 Å². The van der Waals surface area contributed by atoms with Gasteiger partial charge in [0.15, 0.2) is 0 Å². The number of alkyl halides is 3. The minimum absolute atomic E-state index is 0.0207. The van der Waals surface area contributed by atoms with Crippen LogP contribution in [0.2, 0.25) is 5.02 Å². The van der Waals surface area contributed by atoms with E-state index in [1.165, 1.54) is 39.9 Å². The van der Waals surface area contributed by atoms with Crippen molar-refractivity contribution in [3.8, 4) is 10.4 Å². The first-order valence-electron chi connectivity index (χ1n) is 39.2. The summed E-state index contributed by atoms with van der Waals surface area (Å²) in [6, 6.07) is 31.6. The SMILES string of the molecule is Cc1ncsc1-c1ccc([C@H](C)NC(=O)[C@@H]2C[C@@H](O)CN2C(=O)[C@@H](NC(=O)CCCCCCC(=O)N2CCN(CC3(C)CCC(c4ccc(Cl)cc4)=C(CN4CCN(c5ccc(C(=O)NS(=O)(=O)c6ccc(N[C@H](CCN7C[C@@H]8C[C@H]7CO8)CSc7ccccc7)c(S(=O)(=O)C(F)(F)F)c6)cc5)CC4)C3)CC2)C(C)(C)C)cc1. The van der Waals surface area contributed by atoms with Gasteiger partial charge in [0.1, 0.15) is 17.0 Å². The largest absolute Gasteiger partial charge is 0.501 e. The van der Waals surface area contributed by atoms with Gasteiger partial charge in [-0.15, -0.1) is 23.1 Å². The number of carbonyl (C=O) groups is 5. The summed E-state index contributed by atoms with van der Waals surface area (Å²) >= 11 is 9.42. The van der Waals surface area contributed by atoms with E-state index in [2.05, 4.69) is 59.6 Å². The standard InChI is InChI=1S/C83H105ClF3N11O11S4/c1-55(57-18-20-59(21-19-57)76-56(2)88-54-111-76)89-79(103)72-45-66(99)49-98(72)80(104)77(81(3,4)5)91-74(100)16-12-7-8-13-17-75(101)96-42-38-94(39-43-96)53-82(6)34-32-70(58-22-26-62(84)27-23-58)61(47-82)48-93-36-40-95(41-37-93)64-28-24-60(25-29-64)78(102)92-113(107,108)69-30-31-71(73(46-69)112(105,106)83(85,86)87)90-63(52-110-68-14-10-9-11-15-68)33-35-97-50-67-44-65(97)51-109-67/h9-11,14-15,18-31,46,54-55,63,65-67,72,77,90,99H,7-8,12-13,16-17,32-45,47-53H2,1-6H3,(H,89,103)(H,91,100)(H,92,102)/t55-,63+,65-,66+,67-,72-,77+,82?/m0/s1. The Hall–Kier alpha value is -7.45. The summed E-state index contributed by atoms with van der Waals surface area (Å²) < 4.78 is 105. The lowest BCUT2D eigenvalue weighted by molar-refractivity contribution is -0.144. The van der Waals surface area contributed by atoms with Crippen molar-refractivity contribution in [2.45, 2.75) is 181 Å². The maximum atomic E-state index is 14.5. The molecule has 6 aliphatic rings. The number of amides is 5. The van der Waals surface area contributed by atoms with Gasteiger partial charge in [-0.05, 0) is 159 Å². The molecule has 610 valence electrons. The van der Waals surface area contributed by atoms with Crippen LogP contribution in [0.5, 0.6) is 0 Å². The Bertz CT molecular complexity index is 4600. The van der Waals surface area contributed by atoms with Crippen LogP contribution >= 0.6 is 34.7 Å². The molecular formula is C83H105ClF3N11O11S4. The molecule has 0 spiro atoms. The van der Waals surface area contributed by atoms with Gasteiger partial charge in [0, 0.05) is 143 Å². The molecule has 6 heterocycles. The third-order valence-electron chi connectivity index (χ3n) is 22.9. The predicted octanol–water partition coefficient (Wildman–Crippen LogP) is 12.2. The fraction of sp³-hybridized carbons (Fsp3) is 0.518. The molecule has 6 aromatic rings. The highest BCUT2D eigenvalue weighted by atomic mass is 35.5. The zero-order valence-electron chi connectivity index (χ0n) is 65.1. The molecule has 12 rings (SSSR count). The molecule has 5 N–H and O–H groups in total. The number of unbranched alkanes of at least 4 members (excludes halogenated alkanes) is 3. The molecule has 1 aliphatic carbocycles. The topological polar surface area (TPSA) is 264 Å². The minimum atomic E-state index is -6.11. The number of thiazole rings is 1. The van der Waals surface area contributed by atoms with Crippen molar-refractivity contribution in [2.24, 2.45) is 10.8 Å². The minimum Gasteiger partial charge on any atom is -0.391 e. The first-order chi connectivity index (χ1) is 53.8. The number of ether oxygens (including phenoxy) is 1. The number of allylic oxidation sites excluding steroid dienone is 1. The van der Waals surface area contributed by atoms with E-state index >= 15 is 0 Å². The van der Waals surface area contributed by atoms with Crippen molar-refractivity contribution in [1.29, 1.82) is 0 Å². The summed E-state index contributed by atoms with van der Waals surface area (Å²) in [6.45, 7) is 20.9. The molecule has 5 saturated heterocycles. The molecule has 0 saturated carbocycles. The number of β-amino-alcohol motifs (C(OH)–C–C–N with tert-alkyl or cyclic N) is 1. The first-order valence-corrected chi connectivity index (χ1v) is 44.4. The Morgan fingerprint density at radius 1 is 0.796 bits per heavy atom. The van der Waals surface area contributed by atoms with Crippen molar-refractivity contribution < 1.29 is 63.8 Å². The number of rotatable bonds is 31. The summed E-state index contributed by atoms with van der Waals surface area (Å²) in [5.74, 6) is -1.63. The molecule has 1 unspecified atom stereocenters. The predicted molar refractivity (Wildman–Crippen MR) is 436 cm³/mol. The highest BCUT2D eigenvalue weighted by molar-refractivity contribution is 7.99. The highest BCUT2D eigenvalue weighted by Crippen LogP contribution is 2.45. The molecule has 5 amide bonds. The number of nitrogens with one attached hydrogen (secondary N) is 4. The van der Waals surface area contributed by atoms with Gasteiger partial charge < -0.3 is 40.5 Å².